The van der Waals surface area contributed by atoms with E-state index in [-0.39, 0.29) is 18.2 Å². The highest BCUT2D eigenvalue weighted by Gasteiger charge is 2.17. The molecule has 4 rings (SSSR count). The van der Waals surface area contributed by atoms with E-state index in [0.717, 1.165) is 26.1 Å². The molecule has 0 saturated carbocycles. The zero-order valence-electron chi connectivity index (χ0n) is 16.7. The lowest BCUT2D eigenvalue weighted by Crippen LogP contribution is -2.28. The highest BCUT2D eigenvalue weighted by atomic mass is 35.5. The summed E-state index contributed by atoms with van der Waals surface area (Å²) >= 11 is 12.2. The van der Waals surface area contributed by atoms with Crippen molar-refractivity contribution in [3.05, 3.63) is 74.8 Å². The van der Waals surface area contributed by atoms with E-state index >= 15 is 0 Å². The molecule has 1 saturated heterocycles. The van der Waals surface area contributed by atoms with Gasteiger partial charge in [-0.1, -0.05) is 23.2 Å². The topological polar surface area (TPSA) is 89.3 Å². The molecule has 3 aromatic rings. The van der Waals surface area contributed by atoms with E-state index in [1.807, 2.05) is 0 Å². The second kappa shape index (κ2) is 9.78. The number of hydrogen-bond acceptors (Lipinski definition) is 6. The second-order valence-corrected chi connectivity index (χ2v) is 8.23. The van der Waals surface area contributed by atoms with Crippen molar-refractivity contribution in [1.29, 1.82) is 0 Å². The van der Waals surface area contributed by atoms with Crippen LogP contribution in [0.5, 0.6) is 0 Å². The van der Waals surface area contributed by atoms with Crippen LogP contribution in [-0.2, 0) is 4.74 Å². The molecule has 7 nitrogen and oxygen atoms in total. The number of nitrogens with zero attached hydrogens (tertiary/aromatic N) is 3. The Morgan fingerprint density at radius 3 is 2.58 bits per heavy atom. The number of anilines is 1. The molecule has 1 aliphatic heterocycles. The molecular weight excluding hydrogens is 439 g/mol. The molecule has 2 N–H and O–H groups in total. The molecular formula is C22H22Cl2N4O3. The summed E-state index contributed by atoms with van der Waals surface area (Å²) in [5, 5.41) is 14.1. The van der Waals surface area contributed by atoms with Crippen LogP contribution in [0, 0.1) is 0 Å². The maximum absolute atomic E-state index is 12.9. The van der Waals surface area contributed by atoms with Crippen molar-refractivity contribution < 1.29 is 9.84 Å². The van der Waals surface area contributed by atoms with Crippen molar-refractivity contribution in [3.8, 4) is 11.3 Å². The van der Waals surface area contributed by atoms with Gasteiger partial charge >= 0.3 is 0 Å². The van der Waals surface area contributed by atoms with Crippen molar-refractivity contribution in [3.63, 3.8) is 0 Å². The van der Waals surface area contributed by atoms with Gasteiger partial charge in [-0.3, -0.25) is 4.79 Å². The monoisotopic (exact) mass is 460 g/mol. The number of halogens is 2. The van der Waals surface area contributed by atoms with Gasteiger partial charge in [0, 0.05) is 53.3 Å². The first-order chi connectivity index (χ1) is 15.0. The summed E-state index contributed by atoms with van der Waals surface area (Å²) in [6.45, 7) is 1.17. The molecule has 0 bridgehead atoms. The first-order valence-corrected chi connectivity index (χ1v) is 10.8. The number of rotatable bonds is 6. The fourth-order valence-corrected chi connectivity index (χ4v) is 4.18. The maximum atomic E-state index is 12.9. The lowest BCUT2D eigenvalue weighted by atomic mass is 10.1. The number of benzene rings is 1. The van der Waals surface area contributed by atoms with Crippen LogP contribution in [0.15, 0.2) is 53.6 Å². The third kappa shape index (κ3) is 5.25. The summed E-state index contributed by atoms with van der Waals surface area (Å²) in [4.78, 5) is 21.7. The standard InChI is InChI=1S/C22H22Cl2N4O3/c23-16-9-15(10-17(24)12-16)20(13-29)28-6-2-14(11-21(28)30)19-1-5-25-22(27-19)26-18-3-7-31-8-4-18/h1-2,5-6,9-12,18,20,29H,3-4,7-8,13H2,(H,25,26,27). The smallest absolute Gasteiger partial charge is 0.251 e. The van der Waals surface area contributed by atoms with Gasteiger partial charge in [0.1, 0.15) is 0 Å². The van der Waals surface area contributed by atoms with E-state index in [0.29, 0.717) is 32.8 Å². The van der Waals surface area contributed by atoms with Gasteiger partial charge in [0.15, 0.2) is 0 Å². The Kier molecular flexibility index (Phi) is 6.87. The molecule has 0 spiro atoms. The van der Waals surface area contributed by atoms with Gasteiger partial charge in [-0.25, -0.2) is 9.97 Å². The van der Waals surface area contributed by atoms with Crippen LogP contribution < -0.4 is 10.9 Å². The van der Waals surface area contributed by atoms with E-state index < -0.39 is 6.04 Å². The van der Waals surface area contributed by atoms with Gasteiger partial charge in [-0.15, -0.1) is 0 Å². The minimum atomic E-state index is -0.603. The molecule has 1 unspecified atom stereocenters. The molecule has 31 heavy (non-hydrogen) atoms. The van der Waals surface area contributed by atoms with E-state index in [4.69, 9.17) is 27.9 Å². The van der Waals surface area contributed by atoms with Crippen LogP contribution in [0.4, 0.5) is 5.95 Å². The maximum Gasteiger partial charge on any atom is 0.251 e. The van der Waals surface area contributed by atoms with E-state index in [9.17, 15) is 9.90 Å². The molecule has 3 heterocycles. The molecule has 0 radical (unpaired) electrons. The zero-order chi connectivity index (χ0) is 21.8. The van der Waals surface area contributed by atoms with Crippen LogP contribution in [0.3, 0.4) is 0 Å². The molecule has 1 fully saturated rings. The normalized spacial score (nSPS) is 15.6. The van der Waals surface area contributed by atoms with Gasteiger partial charge in [0.25, 0.3) is 5.56 Å². The summed E-state index contributed by atoms with van der Waals surface area (Å²) in [6.07, 6.45) is 5.11. The highest BCUT2D eigenvalue weighted by Crippen LogP contribution is 2.26. The first kappa shape index (κ1) is 21.8. The number of aliphatic hydroxyl groups excluding tert-OH is 1. The van der Waals surface area contributed by atoms with Crippen molar-refractivity contribution in [1.82, 2.24) is 14.5 Å². The molecule has 1 aromatic carbocycles. The number of nitrogens with one attached hydrogen (secondary N) is 1. The van der Waals surface area contributed by atoms with E-state index in [2.05, 4.69) is 15.3 Å². The van der Waals surface area contributed by atoms with Gasteiger partial charge in [-0.05, 0) is 48.7 Å². The first-order valence-electron chi connectivity index (χ1n) is 10.0. The minimum absolute atomic E-state index is 0.270. The lowest BCUT2D eigenvalue weighted by molar-refractivity contribution is 0.0903. The van der Waals surface area contributed by atoms with Crippen LogP contribution in [0.1, 0.15) is 24.4 Å². The average Bonchev–Trinajstić information content (AvgIpc) is 2.75. The van der Waals surface area contributed by atoms with Gasteiger partial charge in [0.05, 0.1) is 18.3 Å². The van der Waals surface area contributed by atoms with Crippen molar-refractivity contribution in [2.45, 2.75) is 24.9 Å². The number of aromatic nitrogens is 3. The van der Waals surface area contributed by atoms with Gasteiger partial charge < -0.3 is 19.7 Å². The average molecular weight is 461 g/mol. The molecule has 1 atom stereocenters. The summed E-state index contributed by atoms with van der Waals surface area (Å²) < 4.78 is 6.83. The minimum Gasteiger partial charge on any atom is -0.394 e. The van der Waals surface area contributed by atoms with Crippen molar-refractivity contribution in [2.24, 2.45) is 0 Å². The number of ether oxygens (including phenoxy) is 1. The van der Waals surface area contributed by atoms with E-state index in [1.165, 1.54) is 10.6 Å². The Bertz CT molecular complexity index is 1100. The Labute approximate surface area is 189 Å². The third-order valence-corrected chi connectivity index (χ3v) is 5.67. The third-order valence-electron chi connectivity index (χ3n) is 5.23. The van der Waals surface area contributed by atoms with Crippen molar-refractivity contribution in [2.75, 3.05) is 25.1 Å². The molecule has 0 amide bonds. The van der Waals surface area contributed by atoms with Crippen molar-refractivity contribution >= 4 is 29.2 Å². The SMILES string of the molecule is O=c1cc(-c2ccnc(NC3CCOCC3)n2)ccn1C(CO)c1cc(Cl)cc(Cl)c1. The lowest BCUT2D eigenvalue weighted by Gasteiger charge is -2.23. The fourth-order valence-electron chi connectivity index (χ4n) is 3.64. The summed E-state index contributed by atoms with van der Waals surface area (Å²) in [5.41, 5.74) is 1.68. The Balaban J connectivity index is 1.60. The van der Waals surface area contributed by atoms with Crippen LogP contribution >= 0.6 is 23.2 Å². The van der Waals surface area contributed by atoms with Gasteiger partial charge in [0.2, 0.25) is 5.95 Å². The molecule has 0 aliphatic carbocycles. The van der Waals surface area contributed by atoms with Gasteiger partial charge in [-0.2, -0.15) is 0 Å². The molecule has 1 aliphatic rings. The zero-order valence-corrected chi connectivity index (χ0v) is 18.2. The summed E-state index contributed by atoms with van der Waals surface area (Å²) in [7, 11) is 0. The Morgan fingerprint density at radius 2 is 1.90 bits per heavy atom. The summed E-state index contributed by atoms with van der Waals surface area (Å²) in [5.74, 6) is 0.524. The number of hydrogen-bond donors (Lipinski definition) is 2. The quantitative estimate of drug-likeness (QED) is 0.581. The van der Waals surface area contributed by atoms with E-state index in [1.54, 1.807) is 42.7 Å². The second-order valence-electron chi connectivity index (χ2n) is 7.36. The van der Waals surface area contributed by atoms with Crippen LogP contribution in [0.2, 0.25) is 10.0 Å². The number of pyridine rings is 1. The molecule has 2 aromatic heterocycles. The Hall–Kier alpha value is -2.45. The van der Waals surface area contributed by atoms with Crippen LogP contribution in [-0.4, -0.2) is 45.5 Å². The number of aliphatic hydroxyl groups is 1. The summed E-state index contributed by atoms with van der Waals surface area (Å²) in [6, 6.07) is 9.69. The van der Waals surface area contributed by atoms with Crippen LogP contribution in [0.25, 0.3) is 11.3 Å². The fraction of sp³-hybridized carbons (Fsp3) is 0.318. The highest BCUT2D eigenvalue weighted by molar-refractivity contribution is 6.34. The largest absolute Gasteiger partial charge is 0.394 e. The molecule has 162 valence electrons. The predicted molar refractivity (Wildman–Crippen MR) is 121 cm³/mol. The molecule has 9 heteroatoms. The predicted octanol–water partition coefficient (Wildman–Crippen LogP) is 3.78. The Morgan fingerprint density at radius 1 is 1.16 bits per heavy atom.